The van der Waals surface area contributed by atoms with Crippen LogP contribution in [0, 0.1) is 0 Å². The molecule has 0 N–H and O–H groups in total. The van der Waals surface area contributed by atoms with Crippen LogP contribution in [0.4, 0.5) is 4.79 Å². The third kappa shape index (κ3) is 4.33. The van der Waals surface area contributed by atoms with Crippen LogP contribution in [0.25, 0.3) is 0 Å². The number of hydrogen-bond donors (Lipinski definition) is 0. The van der Waals surface area contributed by atoms with Gasteiger partial charge in [0.1, 0.15) is 0 Å². The zero-order chi connectivity index (χ0) is 15.0. The Hall–Kier alpha value is -1.91. The molecule has 0 unspecified atom stereocenters. The van der Waals surface area contributed by atoms with Crippen molar-refractivity contribution in [2.45, 2.75) is 20.3 Å². The monoisotopic (exact) mass is 281 g/mol. The average Bonchev–Trinajstić information content (AvgIpc) is 2.47. The van der Waals surface area contributed by atoms with E-state index in [2.05, 4.69) is 0 Å². The van der Waals surface area contributed by atoms with Gasteiger partial charge < -0.3 is 19.1 Å². The van der Waals surface area contributed by atoms with Gasteiger partial charge in [-0.1, -0.05) is 6.07 Å². The van der Waals surface area contributed by atoms with Crippen LogP contribution in [0.2, 0.25) is 0 Å². The first kappa shape index (κ1) is 16.1. The number of rotatable bonds is 7. The lowest BCUT2D eigenvalue weighted by Crippen LogP contribution is -2.33. The van der Waals surface area contributed by atoms with Crippen LogP contribution >= 0.6 is 0 Å². The minimum atomic E-state index is -0.268. The molecule has 1 aromatic rings. The van der Waals surface area contributed by atoms with Crippen LogP contribution in [0.15, 0.2) is 18.2 Å². The Bertz CT molecular complexity index is 434. The first-order chi connectivity index (χ1) is 9.65. The summed E-state index contributed by atoms with van der Waals surface area (Å²) in [6.07, 6.45) is 0.475. The second kappa shape index (κ2) is 8.30. The number of amides is 1. The first-order valence-electron chi connectivity index (χ1n) is 6.78. The quantitative estimate of drug-likeness (QED) is 0.771. The predicted molar refractivity (Wildman–Crippen MR) is 77.5 cm³/mol. The van der Waals surface area contributed by atoms with Gasteiger partial charge in [-0.3, -0.25) is 0 Å². The standard InChI is InChI=1S/C15H23NO4/c1-5-16(15(17)20-6-2)10-9-12-7-8-13(18-3)14(11-12)19-4/h7-8,11H,5-6,9-10H2,1-4H3. The molecular formula is C15H23NO4. The third-order valence-electron chi connectivity index (χ3n) is 3.03. The summed E-state index contributed by atoms with van der Waals surface area (Å²) in [7, 11) is 3.22. The van der Waals surface area contributed by atoms with Gasteiger partial charge in [0.25, 0.3) is 0 Å². The number of methoxy groups -OCH3 is 2. The van der Waals surface area contributed by atoms with Crippen molar-refractivity contribution < 1.29 is 19.0 Å². The average molecular weight is 281 g/mol. The van der Waals surface area contributed by atoms with Crippen LogP contribution < -0.4 is 9.47 Å². The van der Waals surface area contributed by atoms with E-state index >= 15 is 0 Å². The van der Waals surface area contributed by atoms with E-state index in [1.54, 1.807) is 26.0 Å². The molecular weight excluding hydrogens is 258 g/mol. The maximum Gasteiger partial charge on any atom is 0.409 e. The zero-order valence-corrected chi connectivity index (χ0v) is 12.6. The summed E-state index contributed by atoms with van der Waals surface area (Å²) >= 11 is 0. The zero-order valence-electron chi connectivity index (χ0n) is 12.6. The highest BCUT2D eigenvalue weighted by atomic mass is 16.6. The minimum Gasteiger partial charge on any atom is -0.493 e. The lowest BCUT2D eigenvalue weighted by Gasteiger charge is -2.20. The van der Waals surface area contributed by atoms with Gasteiger partial charge >= 0.3 is 6.09 Å². The van der Waals surface area contributed by atoms with Crippen LogP contribution in [0.5, 0.6) is 11.5 Å². The van der Waals surface area contributed by atoms with Crippen molar-refractivity contribution in [2.24, 2.45) is 0 Å². The molecule has 20 heavy (non-hydrogen) atoms. The van der Waals surface area contributed by atoms with Crippen molar-refractivity contribution in [3.63, 3.8) is 0 Å². The lowest BCUT2D eigenvalue weighted by molar-refractivity contribution is 0.109. The molecule has 0 aliphatic heterocycles. The summed E-state index contributed by atoms with van der Waals surface area (Å²) in [5.41, 5.74) is 1.09. The van der Waals surface area contributed by atoms with Crippen LogP contribution in [0.1, 0.15) is 19.4 Å². The van der Waals surface area contributed by atoms with E-state index in [1.807, 2.05) is 25.1 Å². The summed E-state index contributed by atoms with van der Waals surface area (Å²) in [4.78, 5) is 13.4. The second-order valence-electron chi connectivity index (χ2n) is 4.22. The fourth-order valence-electron chi connectivity index (χ4n) is 1.89. The Balaban J connectivity index is 2.66. The normalized spacial score (nSPS) is 10.0. The SMILES string of the molecule is CCOC(=O)N(CC)CCc1ccc(OC)c(OC)c1. The Morgan fingerprint density at radius 3 is 2.40 bits per heavy atom. The van der Waals surface area contributed by atoms with E-state index in [1.165, 1.54) is 0 Å². The van der Waals surface area contributed by atoms with Gasteiger partial charge in [0.15, 0.2) is 11.5 Å². The molecule has 0 saturated carbocycles. The molecule has 0 heterocycles. The number of benzene rings is 1. The molecule has 0 atom stereocenters. The molecule has 0 bridgehead atoms. The first-order valence-corrected chi connectivity index (χ1v) is 6.78. The van der Waals surface area contributed by atoms with Gasteiger partial charge in [0.2, 0.25) is 0 Å². The Kier molecular flexibility index (Phi) is 6.70. The van der Waals surface area contributed by atoms with E-state index in [9.17, 15) is 4.79 Å². The molecule has 5 nitrogen and oxygen atoms in total. The molecule has 1 rings (SSSR count). The minimum absolute atomic E-state index is 0.268. The van der Waals surface area contributed by atoms with E-state index in [-0.39, 0.29) is 6.09 Å². The van der Waals surface area contributed by atoms with Crippen molar-refractivity contribution in [2.75, 3.05) is 33.9 Å². The number of carbonyl (C=O) groups excluding carboxylic acids is 1. The molecule has 0 radical (unpaired) electrons. The topological polar surface area (TPSA) is 48.0 Å². The second-order valence-corrected chi connectivity index (χ2v) is 4.22. The third-order valence-corrected chi connectivity index (χ3v) is 3.03. The van der Waals surface area contributed by atoms with Crippen molar-refractivity contribution in [1.29, 1.82) is 0 Å². The van der Waals surface area contributed by atoms with Gasteiger partial charge in [-0.05, 0) is 38.0 Å². The summed E-state index contributed by atoms with van der Waals surface area (Å²) in [6, 6.07) is 5.77. The summed E-state index contributed by atoms with van der Waals surface area (Å²) in [5, 5.41) is 0. The van der Waals surface area contributed by atoms with Gasteiger partial charge in [-0.2, -0.15) is 0 Å². The van der Waals surface area contributed by atoms with Gasteiger partial charge in [-0.15, -0.1) is 0 Å². The molecule has 0 aromatic heterocycles. The summed E-state index contributed by atoms with van der Waals surface area (Å²) < 4.78 is 15.5. The van der Waals surface area contributed by atoms with Gasteiger partial charge in [0, 0.05) is 13.1 Å². The Morgan fingerprint density at radius 1 is 1.15 bits per heavy atom. The maximum atomic E-state index is 11.7. The predicted octanol–water partition coefficient (Wildman–Crippen LogP) is 2.72. The van der Waals surface area contributed by atoms with Crippen LogP contribution in [-0.4, -0.2) is 44.9 Å². The van der Waals surface area contributed by atoms with E-state index in [4.69, 9.17) is 14.2 Å². The van der Waals surface area contributed by atoms with E-state index in [0.29, 0.717) is 31.2 Å². The fraction of sp³-hybridized carbons (Fsp3) is 0.533. The number of hydrogen-bond acceptors (Lipinski definition) is 4. The number of carbonyl (C=O) groups is 1. The number of likely N-dealkylation sites (N-methyl/N-ethyl adjacent to an activating group) is 1. The highest BCUT2D eigenvalue weighted by Crippen LogP contribution is 2.27. The molecule has 1 aromatic carbocycles. The van der Waals surface area contributed by atoms with Gasteiger partial charge in [0.05, 0.1) is 20.8 Å². The molecule has 0 aliphatic carbocycles. The summed E-state index contributed by atoms with van der Waals surface area (Å²) in [6.45, 7) is 5.38. The fourth-order valence-corrected chi connectivity index (χ4v) is 1.89. The van der Waals surface area contributed by atoms with Crippen LogP contribution in [-0.2, 0) is 11.2 Å². The highest BCUT2D eigenvalue weighted by molar-refractivity contribution is 5.67. The lowest BCUT2D eigenvalue weighted by atomic mass is 10.1. The molecule has 0 fully saturated rings. The van der Waals surface area contributed by atoms with E-state index in [0.717, 1.165) is 12.0 Å². The summed E-state index contributed by atoms with van der Waals surface area (Å²) in [5.74, 6) is 1.40. The van der Waals surface area contributed by atoms with Gasteiger partial charge in [-0.25, -0.2) is 4.79 Å². The smallest absolute Gasteiger partial charge is 0.409 e. The van der Waals surface area contributed by atoms with Crippen molar-refractivity contribution in [1.82, 2.24) is 4.90 Å². The van der Waals surface area contributed by atoms with Crippen molar-refractivity contribution in [3.8, 4) is 11.5 Å². The molecule has 1 amide bonds. The van der Waals surface area contributed by atoms with Crippen molar-refractivity contribution >= 4 is 6.09 Å². The molecule has 0 aliphatic rings. The van der Waals surface area contributed by atoms with Crippen molar-refractivity contribution in [3.05, 3.63) is 23.8 Å². The Labute approximate surface area is 120 Å². The molecule has 0 spiro atoms. The van der Waals surface area contributed by atoms with Crippen LogP contribution in [0.3, 0.4) is 0 Å². The highest BCUT2D eigenvalue weighted by Gasteiger charge is 2.12. The molecule has 112 valence electrons. The van der Waals surface area contributed by atoms with E-state index < -0.39 is 0 Å². The molecule has 5 heteroatoms. The number of nitrogens with zero attached hydrogens (tertiary/aromatic N) is 1. The number of ether oxygens (including phenoxy) is 3. The Morgan fingerprint density at radius 2 is 1.85 bits per heavy atom. The molecule has 0 saturated heterocycles. The largest absolute Gasteiger partial charge is 0.493 e. The maximum absolute atomic E-state index is 11.7.